The van der Waals surface area contributed by atoms with Crippen molar-refractivity contribution in [2.45, 2.75) is 13.0 Å². The van der Waals surface area contributed by atoms with E-state index in [-0.39, 0.29) is 18.9 Å². The van der Waals surface area contributed by atoms with Crippen LogP contribution in [0.15, 0.2) is 85.1 Å². The van der Waals surface area contributed by atoms with Crippen LogP contribution in [0, 0.1) is 0 Å². The lowest BCUT2D eigenvalue weighted by molar-refractivity contribution is -0.129. The SMILES string of the molecule is O=C(CCOc1ccc(NCc2ccc(C(=O)Nc3ccc(Cl)c(-c4ccccn4)c3)c(Cl)c2)cc1)NO. The maximum atomic E-state index is 12.9. The van der Waals surface area contributed by atoms with Gasteiger partial charge in [-0.1, -0.05) is 35.3 Å². The van der Waals surface area contributed by atoms with Crippen LogP contribution in [0.3, 0.4) is 0 Å². The summed E-state index contributed by atoms with van der Waals surface area (Å²) in [5.41, 5.74) is 5.65. The van der Waals surface area contributed by atoms with Crippen LogP contribution in [-0.2, 0) is 11.3 Å². The van der Waals surface area contributed by atoms with Gasteiger partial charge in [0, 0.05) is 29.7 Å². The molecule has 2 amide bonds. The third-order valence-corrected chi connectivity index (χ3v) is 6.16. The Morgan fingerprint density at radius 2 is 1.68 bits per heavy atom. The molecule has 4 rings (SSSR count). The third-order valence-electron chi connectivity index (χ3n) is 5.52. The number of hydroxylamine groups is 1. The molecule has 1 heterocycles. The second-order valence-electron chi connectivity index (χ2n) is 8.19. The molecule has 194 valence electrons. The fraction of sp³-hybridized carbons (Fsp3) is 0.107. The van der Waals surface area contributed by atoms with Crippen molar-refractivity contribution < 1.29 is 19.5 Å². The van der Waals surface area contributed by atoms with Gasteiger partial charge in [-0.15, -0.1) is 0 Å². The molecule has 0 spiro atoms. The summed E-state index contributed by atoms with van der Waals surface area (Å²) in [7, 11) is 0. The molecule has 3 aromatic carbocycles. The first-order valence-electron chi connectivity index (χ1n) is 11.6. The zero-order valence-electron chi connectivity index (χ0n) is 20.1. The van der Waals surface area contributed by atoms with E-state index in [9.17, 15) is 9.59 Å². The standard InChI is InChI=1S/C28H24Cl2N4O4/c29-24-11-7-20(16-23(24)26-3-1-2-13-31-26)33-28(36)22-10-4-18(15-25(22)30)17-32-19-5-8-21(9-6-19)38-14-12-27(35)34-37/h1-11,13,15-16,32,37H,12,14,17H2,(H,33,36)(H,34,35). The largest absolute Gasteiger partial charge is 0.493 e. The molecule has 10 heteroatoms. The Kier molecular flexibility index (Phi) is 9.16. The van der Waals surface area contributed by atoms with Crippen LogP contribution in [0.5, 0.6) is 5.75 Å². The van der Waals surface area contributed by atoms with E-state index in [1.54, 1.807) is 54.1 Å². The van der Waals surface area contributed by atoms with Crippen molar-refractivity contribution in [3.05, 3.63) is 106 Å². The molecule has 0 atom stereocenters. The zero-order chi connectivity index (χ0) is 26.9. The Labute approximate surface area is 229 Å². The van der Waals surface area contributed by atoms with Crippen molar-refractivity contribution in [3.63, 3.8) is 0 Å². The molecule has 0 unspecified atom stereocenters. The number of carbonyl (C=O) groups excluding carboxylic acids is 2. The summed E-state index contributed by atoms with van der Waals surface area (Å²) < 4.78 is 5.46. The van der Waals surface area contributed by atoms with Crippen LogP contribution in [0.2, 0.25) is 10.0 Å². The first-order chi connectivity index (χ1) is 18.4. The molecule has 0 aliphatic carbocycles. The number of anilines is 2. The van der Waals surface area contributed by atoms with E-state index in [0.717, 1.165) is 11.3 Å². The lowest BCUT2D eigenvalue weighted by Gasteiger charge is -2.12. The average Bonchev–Trinajstić information content (AvgIpc) is 2.94. The van der Waals surface area contributed by atoms with Gasteiger partial charge in [-0.2, -0.15) is 0 Å². The molecule has 4 N–H and O–H groups in total. The van der Waals surface area contributed by atoms with E-state index >= 15 is 0 Å². The van der Waals surface area contributed by atoms with Gasteiger partial charge in [-0.25, -0.2) is 5.48 Å². The predicted octanol–water partition coefficient (Wildman–Crippen LogP) is 6.19. The van der Waals surface area contributed by atoms with Crippen LogP contribution >= 0.6 is 23.2 Å². The Hall–Kier alpha value is -4.11. The molecule has 0 radical (unpaired) electrons. The Morgan fingerprint density at radius 3 is 2.39 bits per heavy atom. The lowest BCUT2D eigenvalue weighted by atomic mass is 10.1. The fourth-order valence-corrected chi connectivity index (χ4v) is 4.07. The van der Waals surface area contributed by atoms with Crippen molar-refractivity contribution in [1.82, 2.24) is 10.5 Å². The van der Waals surface area contributed by atoms with Gasteiger partial charge in [0.25, 0.3) is 5.91 Å². The summed E-state index contributed by atoms with van der Waals surface area (Å²) in [5.74, 6) is -0.242. The molecular weight excluding hydrogens is 527 g/mol. The predicted molar refractivity (Wildman–Crippen MR) is 148 cm³/mol. The molecule has 0 saturated heterocycles. The van der Waals surface area contributed by atoms with E-state index in [4.69, 9.17) is 33.1 Å². The van der Waals surface area contributed by atoms with Gasteiger partial charge >= 0.3 is 0 Å². The van der Waals surface area contributed by atoms with Gasteiger partial charge in [0.1, 0.15) is 5.75 Å². The van der Waals surface area contributed by atoms with Crippen molar-refractivity contribution >= 4 is 46.4 Å². The molecule has 1 aromatic heterocycles. The molecular formula is C28H24Cl2N4O4. The summed E-state index contributed by atoms with van der Waals surface area (Å²) in [6.07, 6.45) is 1.73. The van der Waals surface area contributed by atoms with Crippen LogP contribution < -0.4 is 20.9 Å². The van der Waals surface area contributed by atoms with Gasteiger partial charge in [-0.3, -0.25) is 19.8 Å². The highest BCUT2D eigenvalue weighted by Crippen LogP contribution is 2.30. The highest BCUT2D eigenvalue weighted by atomic mass is 35.5. The Balaban J connectivity index is 1.34. The van der Waals surface area contributed by atoms with Crippen LogP contribution in [0.25, 0.3) is 11.3 Å². The topological polar surface area (TPSA) is 113 Å². The summed E-state index contributed by atoms with van der Waals surface area (Å²) in [5, 5.41) is 15.5. The third kappa shape index (κ3) is 7.23. The lowest BCUT2D eigenvalue weighted by Crippen LogP contribution is -2.20. The number of rotatable bonds is 10. The average molecular weight is 551 g/mol. The molecule has 0 saturated carbocycles. The highest BCUT2D eigenvalue weighted by Gasteiger charge is 2.13. The van der Waals surface area contributed by atoms with E-state index < -0.39 is 5.91 Å². The summed E-state index contributed by atoms with van der Waals surface area (Å²) in [6, 6.07) is 23.2. The van der Waals surface area contributed by atoms with Crippen LogP contribution in [0.4, 0.5) is 11.4 Å². The van der Waals surface area contributed by atoms with Gasteiger partial charge in [0.05, 0.1) is 34.3 Å². The van der Waals surface area contributed by atoms with Crippen LogP contribution in [-0.4, -0.2) is 28.6 Å². The van der Waals surface area contributed by atoms with Gasteiger partial charge in [0.15, 0.2) is 0 Å². The number of amides is 2. The number of aromatic nitrogens is 1. The van der Waals surface area contributed by atoms with Crippen molar-refractivity contribution in [2.75, 3.05) is 17.2 Å². The first-order valence-corrected chi connectivity index (χ1v) is 12.4. The molecule has 0 aliphatic heterocycles. The number of benzene rings is 3. The van der Waals surface area contributed by atoms with E-state index in [2.05, 4.69) is 15.6 Å². The normalized spacial score (nSPS) is 10.5. The van der Waals surface area contributed by atoms with Crippen molar-refractivity contribution in [3.8, 4) is 17.0 Å². The van der Waals surface area contributed by atoms with E-state index in [0.29, 0.717) is 44.8 Å². The number of nitrogens with one attached hydrogen (secondary N) is 3. The summed E-state index contributed by atoms with van der Waals surface area (Å²) in [6.45, 7) is 0.643. The zero-order valence-corrected chi connectivity index (χ0v) is 21.6. The summed E-state index contributed by atoms with van der Waals surface area (Å²) >= 11 is 12.8. The maximum Gasteiger partial charge on any atom is 0.257 e. The molecule has 8 nitrogen and oxygen atoms in total. The Bertz CT molecular complexity index is 1420. The maximum absolute atomic E-state index is 12.9. The molecule has 4 aromatic rings. The molecule has 0 bridgehead atoms. The number of hydrogen-bond donors (Lipinski definition) is 4. The molecule has 38 heavy (non-hydrogen) atoms. The van der Waals surface area contributed by atoms with Gasteiger partial charge < -0.3 is 15.4 Å². The van der Waals surface area contributed by atoms with Crippen LogP contribution in [0.1, 0.15) is 22.3 Å². The minimum absolute atomic E-state index is 0.0528. The number of halogens is 2. The number of carbonyl (C=O) groups is 2. The fourth-order valence-electron chi connectivity index (χ4n) is 3.56. The molecule has 0 fully saturated rings. The van der Waals surface area contributed by atoms with E-state index in [1.807, 2.05) is 36.4 Å². The second kappa shape index (κ2) is 12.9. The van der Waals surface area contributed by atoms with Crippen molar-refractivity contribution in [2.24, 2.45) is 0 Å². The number of ether oxygens (including phenoxy) is 1. The summed E-state index contributed by atoms with van der Waals surface area (Å²) in [4.78, 5) is 28.3. The highest BCUT2D eigenvalue weighted by molar-refractivity contribution is 6.35. The number of hydrogen-bond acceptors (Lipinski definition) is 6. The minimum atomic E-state index is -0.509. The monoisotopic (exact) mass is 550 g/mol. The minimum Gasteiger partial charge on any atom is -0.493 e. The molecule has 0 aliphatic rings. The number of nitrogens with zero attached hydrogens (tertiary/aromatic N) is 1. The van der Waals surface area contributed by atoms with Gasteiger partial charge in [0.2, 0.25) is 5.91 Å². The van der Waals surface area contributed by atoms with Gasteiger partial charge in [-0.05, 0) is 72.3 Å². The first kappa shape index (κ1) is 26.9. The second-order valence-corrected chi connectivity index (χ2v) is 9.00. The van der Waals surface area contributed by atoms with E-state index in [1.165, 1.54) is 0 Å². The number of pyridine rings is 1. The smallest absolute Gasteiger partial charge is 0.257 e. The Morgan fingerprint density at radius 1 is 0.895 bits per heavy atom. The quantitative estimate of drug-likeness (QED) is 0.138. The van der Waals surface area contributed by atoms with Crippen molar-refractivity contribution in [1.29, 1.82) is 0 Å².